The van der Waals surface area contributed by atoms with Gasteiger partial charge in [0.1, 0.15) is 5.83 Å². The molecule has 0 aliphatic heterocycles. The topological polar surface area (TPSA) is 0 Å². The van der Waals surface area contributed by atoms with Gasteiger partial charge in [-0.3, -0.25) is 0 Å². The van der Waals surface area contributed by atoms with E-state index >= 15 is 0 Å². The Balaban J connectivity index is 2.98. The maximum Gasteiger partial charge on any atom is 0.130 e. The van der Waals surface area contributed by atoms with Gasteiger partial charge in [-0.15, -0.1) is 0 Å². The maximum atomic E-state index is 12.1. The lowest BCUT2D eigenvalue weighted by Gasteiger charge is -1.90. The van der Waals surface area contributed by atoms with Crippen molar-refractivity contribution >= 4 is 5.83 Å². The van der Waals surface area contributed by atoms with E-state index in [2.05, 4.69) is 0 Å². The highest BCUT2D eigenvalue weighted by Crippen LogP contribution is 2.10. The third-order valence-corrected chi connectivity index (χ3v) is 1.05. The summed E-state index contributed by atoms with van der Waals surface area (Å²) in [6, 6.07) is 8.53. The van der Waals surface area contributed by atoms with Gasteiger partial charge in [0.05, 0.1) is 0 Å². The summed E-state index contributed by atoms with van der Waals surface area (Å²) in [6.45, 7) is 4.86. The SMILES string of the molecule is [CH]=C(F)c1ccccc1. The predicted octanol–water partition coefficient (Wildman–Crippen LogP) is 2.43. The van der Waals surface area contributed by atoms with Gasteiger partial charge < -0.3 is 0 Å². The van der Waals surface area contributed by atoms with E-state index in [1.54, 1.807) is 24.3 Å². The summed E-state index contributed by atoms with van der Waals surface area (Å²) in [5.41, 5.74) is 0.442. The summed E-state index contributed by atoms with van der Waals surface area (Å²) in [5, 5.41) is 0. The molecule has 45 valence electrons. The first kappa shape index (κ1) is 6.02. The fraction of sp³-hybridized carbons (Fsp3) is 0. The molecule has 0 N–H and O–H groups in total. The smallest absolute Gasteiger partial charge is 0.130 e. The largest absolute Gasteiger partial charge is 0.206 e. The van der Waals surface area contributed by atoms with Crippen molar-refractivity contribution in [2.45, 2.75) is 0 Å². The Kier molecular flexibility index (Phi) is 1.63. The van der Waals surface area contributed by atoms with Crippen molar-refractivity contribution in [1.82, 2.24) is 0 Å². The van der Waals surface area contributed by atoms with E-state index in [-0.39, 0.29) is 0 Å². The van der Waals surface area contributed by atoms with Crippen molar-refractivity contribution in [1.29, 1.82) is 0 Å². The standard InChI is InChI=1S/C8H6F/c1-7(9)8-5-3-2-4-6-8/h1-6H. The fourth-order valence-electron chi connectivity index (χ4n) is 0.597. The Hall–Kier alpha value is -1.11. The van der Waals surface area contributed by atoms with Crippen LogP contribution < -0.4 is 0 Å². The highest BCUT2D eigenvalue weighted by molar-refractivity contribution is 5.54. The minimum atomic E-state index is -0.629. The first-order valence-electron chi connectivity index (χ1n) is 2.64. The van der Waals surface area contributed by atoms with Crippen molar-refractivity contribution in [3.8, 4) is 0 Å². The van der Waals surface area contributed by atoms with Crippen LogP contribution in [0.4, 0.5) is 4.39 Å². The van der Waals surface area contributed by atoms with Gasteiger partial charge in [-0.2, -0.15) is 0 Å². The van der Waals surface area contributed by atoms with E-state index < -0.39 is 5.83 Å². The van der Waals surface area contributed by atoms with E-state index in [9.17, 15) is 4.39 Å². The monoisotopic (exact) mass is 121 g/mol. The van der Waals surface area contributed by atoms with Gasteiger partial charge in [0, 0.05) is 5.56 Å². The summed E-state index contributed by atoms with van der Waals surface area (Å²) in [7, 11) is 0. The van der Waals surface area contributed by atoms with Gasteiger partial charge in [-0.1, -0.05) is 30.3 Å². The van der Waals surface area contributed by atoms with Crippen molar-refractivity contribution < 1.29 is 4.39 Å². The number of benzene rings is 1. The molecule has 1 aromatic rings. The Morgan fingerprint density at radius 3 is 2.11 bits per heavy atom. The van der Waals surface area contributed by atoms with E-state index in [1.807, 2.05) is 6.07 Å². The predicted molar refractivity (Wildman–Crippen MR) is 35.3 cm³/mol. The second-order valence-corrected chi connectivity index (χ2v) is 1.71. The first-order valence-corrected chi connectivity index (χ1v) is 2.64. The lowest BCUT2D eigenvalue weighted by atomic mass is 10.2. The lowest BCUT2D eigenvalue weighted by molar-refractivity contribution is 0.761. The number of rotatable bonds is 1. The quantitative estimate of drug-likeness (QED) is 0.535. The van der Waals surface area contributed by atoms with Crippen LogP contribution in [0.2, 0.25) is 0 Å². The molecule has 0 heterocycles. The molecular formula is C8H6F. The second kappa shape index (κ2) is 2.44. The molecule has 1 aromatic carbocycles. The Bertz CT molecular complexity index is 201. The molecule has 0 aromatic heterocycles. The first-order chi connectivity index (χ1) is 4.30. The van der Waals surface area contributed by atoms with Crippen molar-refractivity contribution in [3.63, 3.8) is 0 Å². The van der Waals surface area contributed by atoms with Crippen LogP contribution in [0, 0.1) is 6.58 Å². The van der Waals surface area contributed by atoms with Crippen LogP contribution in [0.1, 0.15) is 5.56 Å². The molecule has 1 heteroatoms. The molecule has 0 saturated carbocycles. The number of halogens is 1. The summed E-state index contributed by atoms with van der Waals surface area (Å²) in [5.74, 6) is -0.629. The van der Waals surface area contributed by atoms with Gasteiger partial charge in [-0.05, 0) is 6.58 Å². The molecule has 1 radical (unpaired) electrons. The molecular weight excluding hydrogens is 115 g/mol. The van der Waals surface area contributed by atoms with Crippen LogP contribution in [0.25, 0.3) is 5.83 Å². The molecule has 0 saturated heterocycles. The Labute approximate surface area is 53.6 Å². The zero-order valence-electron chi connectivity index (χ0n) is 4.84. The highest BCUT2D eigenvalue weighted by Gasteiger charge is 1.91. The molecule has 0 fully saturated rings. The second-order valence-electron chi connectivity index (χ2n) is 1.71. The average Bonchev–Trinajstić information content (AvgIpc) is 1.90. The van der Waals surface area contributed by atoms with Crippen molar-refractivity contribution in [2.75, 3.05) is 0 Å². The summed E-state index contributed by atoms with van der Waals surface area (Å²) in [4.78, 5) is 0. The minimum absolute atomic E-state index is 0.442. The molecule has 0 aliphatic carbocycles. The van der Waals surface area contributed by atoms with Crippen LogP contribution in [-0.2, 0) is 0 Å². The zero-order valence-corrected chi connectivity index (χ0v) is 4.84. The molecule has 1 rings (SSSR count). The molecule has 0 aliphatic rings. The van der Waals surface area contributed by atoms with Crippen LogP contribution in [0.5, 0.6) is 0 Å². The van der Waals surface area contributed by atoms with Crippen LogP contribution in [0.15, 0.2) is 30.3 Å². The maximum absolute atomic E-state index is 12.1. The van der Waals surface area contributed by atoms with Crippen LogP contribution >= 0.6 is 0 Å². The van der Waals surface area contributed by atoms with Gasteiger partial charge in [0.15, 0.2) is 0 Å². The molecule has 0 spiro atoms. The zero-order chi connectivity index (χ0) is 6.69. The Morgan fingerprint density at radius 1 is 1.22 bits per heavy atom. The Morgan fingerprint density at radius 2 is 1.78 bits per heavy atom. The minimum Gasteiger partial charge on any atom is -0.206 e. The van der Waals surface area contributed by atoms with Gasteiger partial charge >= 0.3 is 0 Å². The summed E-state index contributed by atoms with van der Waals surface area (Å²) >= 11 is 0. The highest BCUT2D eigenvalue weighted by atomic mass is 19.1. The van der Waals surface area contributed by atoms with Crippen molar-refractivity contribution in [3.05, 3.63) is 42.5 Å². The molecule has 9 heavy (non-hydrogen) atoms. The van der Waals surface area contributed by atoms with Crippen LogP contribution in [0.3, 0.4) is 0 Å². The van der Waals surface area contributed by atoms with E-state index in [1.165, 1.54) is 0 Å². The summed E-state index contributed by atoms with van der Waals surface area (Å²) in [6.07, 6.45) is 0. The molecule has 0 bridgehead atoms. The van der Waals surface area contributed by atoms with Crippen LogP contribution in [-0.4, -0.2) is 0 Å². The van der Waals surface area contributed by atoms with Gasteiger partial charge in [-0.25, -0.2) is 4.39 Å². The van der Waals surface area contributed by atoms with E-state index in [0.717, 1.165) is 0 Å². The molecule has 0 unspecified atom stereocenters. The van der Waals surface area contributed by atoms with Crippen molar-refractivity contribution in [2.24, 2.45) is 0 Å². The summed E-state index contributed by atoms with van der Waals surface area (Å²) < 4.78 is 12.1. The third-order valence-electron chi connectivity index (χ3n) is 1.05. The van der Waals surface area contributed by atoms with E-state index in [0.29, 0.717) is 5.56 Å². The number of hydrogen-bond acceptors (Lipinski definition) is 0. The number of hydrogen-bond donors (Lipinski definition) is 0. The molecule has 0 nitrogen and oxygen atoms in total. The van der Waals surface area contributed by atoms with Gasteiger partial charge in [0.2, 0.25) is 0 Å². The fourth-order valence-corrected chi connectivity index (χ4v) is 0.597. The lowest BCUT2D eigenvalue weighted by Crippen LogP contribution is -1.71. The van der Waals surface area contributed by atoms with Gasteiger partial charge in [0.25, 0.3) is 0 Å². The normalized spacial score (nSPS) is 9.00. The average molecular weight is 121 g/mol. The third kappa shape index (κ3) is 1.39. The molecule has 0 amide bonds. The molecule has 0 atom stereocenters. The van der Waals surface area contributed by atoms with E-state index in [4.69, 9.17) is 6.58 Å².